The van der Waals surface area contributed by atoms with Gasteiger partial charge in [0.25, 0.3) is 0 Å². The summed E-state index contributed by atoms with van der Waals surface area (Å²) in [6.45, 7) is 20.7. The van der Waals surface area contributed by atoms with Gasteiger partial charge in [0.05, 0.1) is 0 Å². The van der Waals surface area contributed by atoms with Crippen LogP contribution in [0.15, 0.2) is 24.3 Å². The number of rotatable bonds is 4. The zero-order valence-electron chi connectivity index (χ0n) is 16.9. The first kappa shape index (κ1) is 19.2. The lowest BCUT2D eigenvalue weighted by Crippen LogP contribution is -2.47. The second-order valence-corrected chi connectivity index (χ2v) is 9.34. The fourth-order valence-electron chi connectivity index (χ4n) is 4.66. The van der Waals surface area contributed by atoms with Crippen LogP contribution in [-0.4, -0.2) is 37.6 Å². The van der Waals surface area contributed by atoms with Crippen molar-refractivity contribution in [1.29, 1.82) is 0 Å². The van der Waals surface area contributed by atoms with Gasteiger partial charge in [0, 0.05) is 30.7 Å². The molecule has 0 spiro atoms. The molecule has 3 rings (SSSR count). The SMILES string of the molecule is [C-]#[N+]CC1(C(C)(C)C)CCN(Cc2ccc(N3CCCCC3)cc2)CC1. The van der Waals surface area contributed by atoms with E-state index in [0.717, 1.165) is 32.5 Å². The van der Waals surface area contributed by atoms with E-state index in [0.29, 0.717) is 6.54 Å². The Hall–Kier alpha value is -1.53. The zero-order valence-corrected chi connectivity index (χ0v) is 16.9. The number of piperidine rings is 2. The van der Waals surface area contributed by atoms with Crippen LogP contribution in [0.4, 0.5) is 5.69 Å². The average Bonchev–Trinajstić information content (AvgIpc) is 2.64. The largest absolute Gasteiger partial charge is 0.372 e. The van der Waals surface area contributed by atoms with Gasteiger partial charge in [-0.25, -0.2) is 6.57 Å². The predicted molar refractivity (Wildman–Crippen MR) is 110 cm³/mol. The van der Waals surface area contributed by atoms with Crippen molar-refractivity contribution in [2.75, 3.05) is 37.6 Å². The number of hydrogen-bond donors (Lipinski definition) is 0. The highest BCUT2D eigenvalue weighted by Gasteiger charge is 2.46. The van der Waals surface area contributed by atoms with E-state index in [9.17, 15) is 0 Å². The molecule has 0 atom stereocenters. The predicted octanol–water partition coefficient (Wildman–Crippen LogP) is 5.22. The van der Waals surface area contributed by atoms with Crippen molar-refractivity contribution in [2.45, 2.75) is 59.4 Å². The summed E-state index contributed by atoms with van der Waals surface area (Å²) in [6, 6.07) is 9.25. The summed E-state index contributed by atoms with van der Waals surface area (Å²) in [7, 11) is 0. The zero-order chi connectivity index (χ0) is 18.6. The molecule has 142 valence electrons. The van der Waals surface area contributed by atoms with Crippen molar-refractivity contribution >= 4 is 5.69 Å². The number of nitrogens with zero attached hydrogens (tertiary/aromatic N) is 3. The van der Waals surface area contributed by atoms with E-state index in [4.69, 9.17) is 6.57 Å². The van der Waals surface area contributed by atoms with Gasteiger partial charge < -0.3 is 9.74 Å². The first-order valence-electron chi connectivity index (χ1n) is 10.3. The van der Waals surface area contributed by atoms with Crippen molar-refractivity contribution in [2.24, 2.45) is 10.8 Å². The normalized spacial score (nSPS) is 21.4. The highest BCUT2D eigenvalue weighted by molar-refractivity contribution is 5.47. The quantitative estimate of drug-likeness (QED) is 0.687. The molecule has 0 amide bonds. The minimum absolute atomic E-state index is 0.184. The first-order chi connectivity index (χ1) is 12.4. The molecule has 2 heterocycles. The second kappa shape index (κ2) is 8.01. The molecule has 3 heteroatoms. The third-order valence-electron chi connectivity index (χ3n) is 6.85. The molecule has 2 aliphatic heterocycles. The van der Waals surface area contributed by atoms with Crippen LogP contribution in [0.2, 0.25) is 0 Å². The lowest BCUT2D eigenvalue weighted by Gasteiger charge is -2.46. The van der Waals surface area contributed by atoms with Gasteiger partial charge >= 0.3 is 0 Å². The van der Waals surface area contributed by atoms with Gasteiger partial charge in [0.2, 0.25) is 6.54 Å². The Kier molecular flexibility index (Phi) is 5.92. The lowest BCUT2D eigenvalue weighted by molar-refractivity contribution is 0.0173. The average molecular weight is 354 g/mol. The number of benzene rings is 1. The van der Waals surface area contributed by atoms with Crippen molar-refractivity contribution < 1.29 is 0 Å². The maximum atomic E-state index is 7.39. The molecule has 1 aromatic rings. The van der Waals surface area contributed by atoms with Crippen LogP contribution in [0.25, 0.3) is 4.85 Å². The van der Waals surface area contributed by atoms with Crippen LogP contribution < -0.4 is 4.90 Å². The molecule has 0 unspecified atom stereocenters. The summed E-state index contributed by atoms with van der Waals surface area (Å²) in [5, 5.41) is 0. The Morgan fingerprint density at radius 2 is 1.58 bits per heavy atom. The molecule has 0 radical (unpaired) electrons. The molecule has 2 aliphatic rings. The van der Waals surface area contributed by atoms with Gasteiger partial charge in [-0.3, -0.25) is 4.90 Å². The van der Waals surface area contributed by atoms with Crippen LogP contribution >= 0.6 is 0 Å². The standard InChI is InChI=1S/C23H35N3/c1-22(2,3)23(19-24-4)12-16-25(17-13-23)18-20-8-10-21(11-9-20)26-14-6-5-7-15-26/h8-11H,5-7,12-19H2,1-3H3. The molecule has 3 nitrogen and oxygen atoms in total. The molecule has 2 fully saturated rings. The van der Waals surface area contributed by atoms with Gasteiger partial charge in [-0.1, -0.05) is 32.9 Å². The third kappa shape index (κ3) is 4.23. The third-order valence-corrected chi connectivity index (χ3v) is 6.85. The fourth-order valence-corrected chi connectivity index (χ4v) is 4.66. The Balaban J connectivity index is 1.56. The topological polar surface area (TPSA) is 10.8 Å². The Bertz CT molecular complexity index is 606. The second-order valence-electron chi connectivity index (χ2n) is 9.34. The van der Waals surface area contributed by atoms with E-state index >= 15 is 0 Å². The van der Waals surface area contributed by atoms with Gasteiger partial charge in [-0.15, -0.1) is 0 Å². The molecule has 2 saturated heterocycles. The lowest BCUT2D eigenvalue weighted by atomic mass is 9.61. The minimum atomic E-state index is 0.184. The van der Waals surface area contributed by atoms with Crippen LogP contribution in [0, 0.1) is 17.4 Å². The van der Waals surface area contributed by atoms with E-state index in [-0.39, 0.29) is 10.8 Å². The molecular weight excluding hydrogens is 318 g/mol. The van der Waals surface area contributed by atoms with E-state index < -0.39 is 0 Å². The fraction of sp³-hybridized carbons (Fsp3) is 0.696. The Morgan fingerprint density at radius 1 is 0.962 bits per heavy atom. The molecular formula is C23H35N3. The van der Waals surface area contributed by atoms with Crippen molar-refractivity contribution in [3.8, 4) is 0 Å². The van der Waals surface area contributed by atoms with Crippen LogP contribution in [-0.2, 0) is 6.54 Å². The minimum Gasteiger partial charge on any atom is -0.372 e. The van der Waals surface area contributed by atoms with Crippen LogP contribution in [0.3, 0.4) is 0 Å². The molecule has 0 aromatic heterocycles. The van der Waals surface area contributed by atoms with Gasteiger partial charge in [0.1, 0.15) is 0 Å². The summed E-state index contributed by atoms with van der Waals surface area (Å²) < 4.78 is 0. The van der Waals surface area contributed by atoms with Crippen molar-refractivity contribution in [1.82, 2.24) is 4.90 Å². The maximum absolute atomic E-state index is 7.39. The Morgan fingerprint density at radius 3 is 2.12 bits per heavy atom. The smallest absolute Gasteiger partial charge is 0.220 e. The number of likely N-dealkylation sites (tertiary alicyclic amines) is 1. The molecule has 0 aliphatic carbocycles. The van der Waals surface area contributed by atoms with Gasteiger partial charge in [0.15, 0.2) is 0 Å². The first-order valence-corrected chi connectivity index (χ1v) is 10.3. The molecule has 0 N–H and O–H groups in total. The van der Waals surface area contributed by atoms with E-state index in [1.165, 1.54) is 43.6 Å². The van der Waals surface area contributed by atoms with E-state index in [2.05, 4.69) is 59.7 Å². The van der Waals surface area contributed by atoms with Gasteiger partial charge in [-0.05, 0) is 68.3 Å². The molecule has 0 saturated carbocycles. The summed E-state index contributed by atoms with van der Waals surface area (Å²) in [5.41, 5.74) is 3.19. The highest BCUT2D eigenvalue weighted by Crippen LogP contribution is 2.47. The molecule has 1 aromatic carbocycles. The Labute approximate surface area is 160 Å². The summed E-state index contributed by atoms with van der Waals surface area (Å²) in [6.07, 6.45) is 6.33. The highest BCUT2D eigenvalue weighted by atomic mass is 15.1. The summed E-state index contributed by atoms with van der Waals surface area (Å²) in [5.74, 6) is 0. The van der Waals surface area contributed by atoms with Gasteiger partial charge in [-0.2, -0.15) is 0 Å². The number of hydrogen-bond acceptors (Lipinski definition) is 2. The summed E-state index contributed by atoms with van der Waals surface area (Å²) >= 11 is 0. The maximum Gasteiger partial charge on any atom is 0.220 e. The monoisotopic (exact) mass is 353 g/mol. The molecule has 26 heavy (non-hydrogen) atoms. The van der Waals surface area contributed by atoms with Crippen LogP contribution in [0.5, 0.6) is 0 Å². The van der Waals surface area contributed by atoms with Crippen molar-refractivity contribution in [3.05, 3.63) is 41.2 Å². The van der Waals surface area contributed by atoms with Crippen molar-refractivity contribution in [3.63, 3.8) is 0 Å². The molecule has 0 bridgehead atoms. The summed E-state index contributed by atoms with van der Waals surface area (Å²) in [4.78, 5) is 8.89. The van der Waals surface area contributed by atoms with Crippen LogP contribution in [0.1, 0.15) is 58.4 Å². The number of anilines is 1. The van der Waals surface area contributed by atoms with E-state index in [1.54, 1.807) is 0 Å². The van der Waals surface area contributed by atoms with E-state index in [1.807, 2.05) is 0 Å².